The lowest BCUT2D eigenvalue weighted by Crippen LogP contribution is -2.37. The fourth-order valence-corrected chi connectivity index (χ4v) is 2.62. The Morgan fingerprint density at radius 2 is 2.05 bits per heavy atom. The van der Waals surface area contributed by atoms with Crippen molar-refractivity contribution in [2.75, 3.05) is 7.05 Å². The van der Waals surface area contributed by atoms with Crippen molar-refractivity contribution >= 4 is 5.91 Å². The van der Waals surface area contributed by atoms with Gasteiger partial charge in [0.2, 0.25) is 5.91 Å². The predicted octanol–water partition coefficient (Wildman–Crippen LogP) is 2.22. The summed E-state index contributed by atoms with van der Waals surface area (Å²) < 4.78 is 13.0. The molecule has 0 heterocycles. The second-order valence-corrected chi connectivity index (χ2v) is 5.18. The molecule has 0 saturated heterocycles. The molecular weight excluding hydrogens is 243 g/mol. The highest BCUT2D eigenvalue weighted by Crippen LogP contribution is 2.24. The first-order valence-corrected chi connectivity index (χ1v) is 6.88. The van der Waals surface area contributed by atoms with Gasteiger partial charge in [0.05, 0.1) is 0 Å². The molecule has 0 aliphatic heterocycles. The van der Waals surface area contributed by atoms with Crippen molar-refractivity contribution in [2.24, 2.45) is 5.92 Å². The van der Waals surface area contributed by atoms with Gasteiger partial charge in [-0.15, -0.1) is 0 Å². The molecule has 1 aliphatic rings. The van der Waals surface area contributed by atoms with E-state index in [0.29, 0.717) is 12.6 Å². The molecule has 4 heteroatoms. The van der Waals surface area contributed by atoms with Crippen LogP contribution in [0.2, 0.25) is 0 Å². The van der Waals surface area contributed by atoms with Gasteiger partial charge in [0.15, 0.2) is 0 Å². The van der Waals surface area contributed by atoms with Crippen LogP contribution in [-0.2, 0) is 11.3 Å². The Labute approximate surface area is 113 Å². The molecule has 0 radical (unpaired) electrons. The highest BCUT2D eigenvalue weighted by molar-refractivity contribution is 5.78. The van der Waals surface area contributed by atoms with E-state index in [1.165, 1.54) is 12.1 Å². The molecule has 19 heavy (non-hydrogen) atoms. The predicted molar refractivity (Wildman–Crippen MR) is 73.1 cm³/mol. The summed E-state index contributed by atoms with van der Waals surface area (Å²) in [7, 11) is 1.97. The number of nitrogens with one attached hydrogen (secondary N) is 2. The van der Waals surface area contributed by atoms with Crippen molar-refractivity contribution in [1.29, 1.82) is 0 Å². The van der Waals surface area contributed by atoms with Crippen LogP contribution in [0.5, 0.6) is 0 Å². The van der Waals surface area contributed by atoms with Crippen LogP contribution in [0.25, 0.3) is 0 Å². The van der Waals surface area contributed by atoms with Crippen molar-refractivity contribution in [2.45, 2.75) is 38.3 Å². The summed E-state index contributed by atoms with van der Waals surface area (Å²) in [5.41, 5.74) is 0.803. The van der Waals surface area contributed by atoms with E-state index in [1.807, 2.05) is 13.1 Å². The normalized spacial score (nSPS) is 23.1. The number of carbonyl (C=O) groups excluding carboxylic acids is 1. The number of halogens is 1. The standard InChI is InChI=1S/C15H21FN2O/c1-17-14-7-5-12(6-8-14)15(19)18-10-11-3-2-4-13(16)9-11/h2-4,9,12,14,17H,5-8,10H2,1H3,(H,18,19). The minimum Gasteiger partial charge on any atom is -0.352 e. The Kier molecular flexibility index (Phi) is 4.91. The van der Waals surface area contributed by atoms with Crippen molar-refractivity contribution in [3.8, 4) is 0 Å². The Bertz CT molecular complexity index is 428. The maximum Gasteiger partial charge on any atom is 0.223 e. The average molecular weight is 264 g/mol. The third kappa shape index (κ3) is 4.03. The van der Waals surface area contributed by atoms with Gasteiger partial charge in [-0.05, 0) is 50.4 Å². The lowest BCUT2D eigenvalue weighted by molar-refractivity contribution is -0.126. The molecule has 1 aromatic rings. The monoisotopic (exact) mass is 264 g/mol. The van der Waals surface area contributed by atoms with Crippen LogP contribution in [-0.4, -0.2) is 19.0 Å². The minimum absolute atomic E-state index is 0.0961. The molecule has 1 fully saturated rings. The molecule has 1 aliphatic carbocycles. The zero-order valence-electron chi connectivity index (χ0n) is 11.3. The Morgan fingerprint density at radius 3 is 2.68 bits per heavy atom. The molecule has 1 saturated carbocycles. The highest BCUT2D eigenvalue weighted by Gasteiger charge is 2.25. The van der Waals surface area contributed by atoms with Crippen LogP contribution in [0.4, 0.5) is 4.39 Å². The SMILES string of the molecule is CNC1CCC(C(=O)NCc2cccc(F)c2)CC1. The Morgan fingerprint density at radius 1 is 1.32 bits per heavy atom. The van der Waals surface area contributed by atoms with Crippen LogP contribution in [0.3, 0.4) is 0 Å². The van der Waals surface area contributed by atoms with E-state index < -0.39 is 0 Å². The van der Waals surface area contributed by atoms with Crippen molar-refractivity contribution in [3.05, 3.63) is 35.6 Å². The second-order valence-electron chi connectivity index (χ2n) is 5.18. The fraction of sp³-hybridized carbons (Fsp3) is 0.533. The van der Waals surface area contributed by atoms with Gasteiger partial charge < -0.3 is 10.6 Å². The molecule has 104 valence electrons. The van der Waals surface area contributed by atoms with Gasteiger partial charge in [-0.3, -0.25) is 4.79 Å². The number of benzene rings is 1. The Balaban J connectivity index is 1.79. The van der Waals surface area contributed by atoms with Crippen molar-refractivity contribution < 1.29 is 9.18 Å². The van der Waals surface area contributed by atoms with Gasteiger partial charge in [0.1, 0.15) is 5.82 Å². The van der Waals surface area contributed by atoms with E-state index in [0.717, 1.165) is 31.2 Å². The average Bonchev–Trinajstić information content (AvgIpc) is 2.45. The molecule has 3 nitrogen and oxygen atoms in total. The van der Waals surface area contributed by atoms with E-state index in [9.17, 15) is 9.18 Å². The fourth-order valence-electron chi connectivity index (χ4n) is 2.62. The van der Waals surface area contributed by atoms with Crippen molar-refractivity contribution in [3.63, 3.8) is 0 Å². The number of hydrogen-bond acceptors (Lipinski definition) is 2. The quantitative estimate of drug-likeness (QED) is 0.875. The van der Waals surface area contributed by atoms with Crippen LogP contribution in [0.15, 0.2) is 24.3 Å². The summed E-state index contributed by atoms with van der Waals surface area (Å²) in [6.45, 7) is 0.405. The third-order valence-corrected chi connectivity index (χ3v) is 3.86. The molecule has 0 atom stereocenters. The molecule has 0 spiro atoms. The van der Waals surface area contributed by atoms with Gasteiger partial charge in [0, 0.05) is 18.5 Å². The van der Waals surface area contributed by atoms with Crippen molar-refractivity contribution in [1.82, 2.24) is 10.6 Å². The number of amides is 1. The van der Waals surface area contributed by atoms with E-state index in [-0.39, 0.29) is 17.6 Å². The topological polar surface area (TPSA) is 41.1 Å². The maximum absolute atomic E-state index is 13.0. The largest absolute Gasteiger partial charge is 0.352 e. The maximum atomic E-state index is 13.0. The van der Waals surface area contributed by atoms with Crippen LogP contribution < -0.4 is 10.6 Å². The van der Waals surface area contributed by atoms with Crippen LogP contribution in [0.1, 0.15) is 31.2 Å². The van der Waals surface area contributed by atoms with Crippen LogP contribution in [0, 0.1) is 11.7 Å². The third-order valence-electron chi connectivity index (χ3n) is 3.86. The summed E-state index contributed by atoms with van der Waals surface area (Å²) in [5.74, 6) is -0.0572. The summed E-state index contributed by atoms with van der Waals surface area (Å²) >= 11 is 0. The Hall–Kier alpha value is -1.42. The lowest BCUT2D eigenvalue weighted by atomic mass is 9.85. The number of carbonyl (C=O) groups is 1. The summed E-state index contributed by atoms with van der Waals surface area (Å²) in [5, 5.41) is 6.16. The van der Waals surface area contributed by atoms with Gasteiger partial charge in [-0.2, -0.15) is 0 Å². The molecule has 0 aromatic heterocycles. The summed E-state index contributed by atoms with van der Waals surface area (Å²) in [6, 6.07) is 6.89. The first kappa shape index (κ1) is 14.0. The zero-order chi connectivity index (χ0) is 13.7. The first-order chi connectivity index (χ1) is 9.19. The van der Waals surface area contributed by atoms with Gasteiger partial charge in [0.25, 0.3) is 0 Å². The highest BCUT2D eigenvalue weighted by atomic mass is 19.1. The van der Waals surface area contributed by atoms with E-state index >= 15 is 0 Å². The first-order valence-electron chi connectivity index (χ1n) is 6.88. The molecule has 0 bridgehead atoms. The second kappa shape index (κ2) is 6.66. The van der Waals surface area contributed by atoms with E-state index in [2.05, 4.69) is 10.6 Å². The summed E-state index contributed by atoms with van der Waals surface area (Å²) in [6.07, 6.45) is 3.96. The molecule has 1 aromatic carbocycles. The zero-order valence-corrected chi connectivity index (χ0v) is 11.3. The van der Waals surface area contributed by atoms with Gasteiger partial charge >= 0.3 is 0 Å². The minimum atomic E-state index is -0.263. The van der Waals surface area contributed by atoms with Crippen LogP contribution >= 0.6 is 0 Å². The summed E-state index contributed by atoms with van der Waals surface area (Å²) in [4.78, 5) is 12.0. The molecule has 1 amide bonds. The lowest BCUT2D eigenvalue weighted by Gasteiger charge is -2.27. The molecule has 2 N–H and O–H groups in total. The molecular formula is C15H21FN2O. The number of hydrogen-bond donors (Lipinski definition) is 2. The van der Waals surface area contributed by atoms with Gasteiger partial charge in [-0.1, -0.05) is 12.1 Å². The number of rotatable bonds is 4. The van der Waals surface area contributed by atoms with E-state index in [1.54, 1.807) is 6.07 Å². The van der Waals surface area contributed by atoms with E-state index in [4.69, 9.17) is 0 Å². The molecule has 0 unspecified atom stereocenters. The molecule has 2 rings (SSSR count). The smallest absolute Gasteiger partial charge is 0.223 e. The van der Waals surface area contributed by atoms with Gasteiger partial charge in [-0.25, -0.2) is 4.39 Å².